The molecule has 1 rings (SSSR count). The fraction of sp³-hybridized carbons (Fsp3) is 0.333. The molecule has 96 valence electrons. The quantitative estimate of drug-likeness (QED) is 0.773. The topological polar surface area (TPSA) is 20.2 Å². The molecule has 0 spiro atoms. The van der Waals surface area contributed by atoms with E-state index in [0.29, 0.717) is 12.1 Å². The molecule has 17 heavy (non-hydrogen) atoms. The lowest BCUT2D eigenvalue weighted by Crippen LogP contribution is -2.19. The van der Waals surface area contributed by atoms with Crippen molar-refractivity contribution in [3.63, 3.8) is 0 Å². The van der Waals surface area contributed by atoms with Crippen LogP contribution in [0.4, 0.5) is 26.3 Å². The molecule has 0 saturated carbocycles. The highest BCUT2D eigenvalue weighted by Crippen LogP contribution is 2.45. The molecule has 0 unspecified atom stereocenters. The van der Waals surface area contributed by atoms with Crippen molar-refractivity contribution < 1.29 is 31.4 Å². The van der Waals surface area contributed by atoms with Crippen molar-refractivity contribution in [2.75, 3.05) is 0 Å². The number of hydrogen-bond donors (Lipinski definition) is 1. The lowest BCUT2D eigenvalue weighted by Gasteiger charge is -2.19. The van der Waals surface area contributed by atoms with Crippen LogP contribution in [0.2, 0.25) is 5.02 Å². The second-order valence-corrected chi connectivity index (χ2v) is 3.52. The van der Waals surface area contributed by atoms with Crippen LogP contribution in [0.3, 0.4) is 0 Å². The average molecular weight is 279 g/mol. The number of aliphatic hydroxyl groups excluding tert-OH is 1. The van der Waals surface area contributed by atoms with Crippen LogP contribution in [0.15, 0.2) is 12.1 Å². The molecular weight excluding hydrogens is 274 g/mol. The van der Waals surface area contributed by atoms with Crippen molar-refractivity contribution in [3.8, 4) is 0 Å². The highest BCUT2D eigenvalue weighted by molar-refractivity contribution is 6.31. The van der Waals surface area contributed by atoms with Crippen LogP contribution in [-0.4, -0.2) is 5.11 Å². The van der Waals surface area contributed by atoms with Gasteiger partial charge in [0.1, 0.15) is 0 Å². The Kier molecular flexibility index (Phi) is 3.63. The van der Waals surface area contributed by atoms with Crippen molar-refractivity contribution in [1.82, 2.24) is 0 Å². The van der Waals surface area contributed by atoms with Gasteiger partial charge in [0.2, 0.25) is 0 Å². The summed E-state index contributed by atoms with van der Waals surface area (Å²) in [6, 6.07) is 1.38. The Morgan fingerprint density at radius 2 is 1.41 bits per heavy atom. The number of aliphatic hydroxyl groups is 1. The summed E-state index contributed by atoms with van der Waals surface area (Å²) in [6.45, 7) is -1.16. The third-order valence-corrected chi connectivity index (χ3v) is 2.29. The minimum atomic E-state index is -5.24. The van der Waals surface area contributed by atoms with Gasteiger partial charge in [0.25, 0.3) is 0 Å². The summed E-state index contributed by atoms with van der Waals surface area (Å²) in [5, 5.41) is 7.60. The Bertz CT molecular complexity index is 423. The third kappa shape index (κ3) is 2.84. The summed E-state index contributed by atoms with van der Waals surface area (Å²) in [7, 11) is 0. The predicted octanol–water partition coefficient (Wildman–Crippen LogP) is 3.87. The summed E-state index contributed by atoms with van der Waals surface area (Å²) in [4.78, 5) is 0. The van der Waals surface area contributed by atoms with Gasteiger partial charge in [0.05, 0.1) is 22.8 Å². The molecule has 0 amide bonds. The maximum absolute atomic E-state index is 12.5. The molecule has 0 aromatic heterocycles. The van der Waals surface area contributed by atoms with Crippen LogP contribution in [0.1, 0.15) is 16.7 Å². The zero-order valence-electron chi connectivity index (χ0n) is 7.95. The van der Waals surface area contributed by atoms with Gasteiger partial charge in [-0.1, -0.05) is 17.7 Å². The molecule has 0 bridgehead atoms. The highest BCUT2D eigenvalue weighted by Gasteiger charge is 2.46. The first-order chi connectivity index (χ1) is 7.59. The van der Waals surface area contributed by atoms with Crippen molar-refractivity contribution in [1.29, 1.82) is 0 Å². The van der Waals surface area contributed by atoms with E-state index < -0.39 is 40.7 Å². The maximum atomic E-state index is 12.5. The van der Waals surface area contributed by atoms with Gasteiger partial charge in [-0.15, -0.1) is 0 Å². The Hall–Kier alpha value is -0.950. The second kappa shape index (κ2) is 4.38. The summed E-state index contributed by atoms with van der Waals surface area (Å²) >= 11 is 5.15. The van der Waals surface area contributed by atoms with E-state index >= 15 is 0 Å². The molecule has 0 heterocycles. The molecule has 0 atom stereocenters. The van der Waals surface area contributed by atoms with E-state index in [1.54, 1.807) is 0 Å². The Morgan fingerprint density at radius 3 is 1.76 bits per heavy atom. The molecule has 0 aliphatic heterocycles. The minimum absolute atomic E-state index is 0.672. The summed E-state index contributed by atoms with van der Waals surface area (Å²) < 4.78 is 75.1. The largest absolute Gasteiger partial charge is 0.418 e. The first-order valence-corrected chi connectivity index (χ1v) is 4.53. The van der Waals surface area contributed by atoms with Gasteiger partial charge in [-0.3, -0.25) is 0 Å². The smallest absolute Gasteiger partial charge is 0.392 e. The number of benzene rings is 1. The second-order valence-electron chi connectivity index (χ2n) is 3.11. The van der Waals surface area contributed by atoms with Gasteiger partial charge in [-0.05, 0) is 11.6 Å². The number of alkyl halides is 6. The third-order valence-electron chi connectivity index (χ3n) is 1.98. The Labute approximate surface area is 96.6 Å². The van der Waals surface area contributed by atoms with Crippen LogP contribution in [0.5, 0.6) is 0 Å². The monoisotopic (exact) mass is 278 g/mol. The first-order valence-electron chi connectivity index (χ1n) is 4.15. The van der Waals surface area contributed by atoms with Crippen LogP contribution >= 0.6 is 11.6 Å². The van der Waals surface area contributed by atoms with Crippen LogP contribution in [0, 0.1) is 0 Å². The fourth-order valence-electron chi connectivity index (χ4n) is 1.35. The predicted molar refractivity (Wildman–Crippen MR) is 47.4 cm³/mol. The van der Waals surface area contributed by atoms with Crippen LogP contribution in [0.25, 0.3) is 0 Å². The SMILES string of the molecule is OCc1ccc(Cl)c(C(F)(F)F)c1C(F)(F)F. The Morgan fingerprint density at radius 1 is 0.941 bits per heavy atom. The molecule has 1 aromatic rings. The van der Waals surface area contributed by atoms with E-state index in [1.807, 2.05) is 0 Å². The lowest BCUT2D eigenvalue weighted by molar-refractivity contribution is -0.162. The van der Waals surface area contributed by atoms with Crippen molar-refractivity contribution in [3.05, 3.63) is 33.8 Å². The number of halogens is 7. The summed E-state index contributed by atoms with van der Waals surface area (Å²) in [6.07, 6.45) is -10.5. The van der Waals surface area contributed by atoms with E-state index in [0.717, 1.165) is 0 Å². The van der Waals surface area contributed by atoms with Crippen LogP contribution in [-0.2, 0) is 19.0 Å². The minimum Gasteiger partial charge on any atom is -0.392 e. The average Bonchev–Trinajstić information content (AvgIpc) is 2.13. The molecule has 8 heteroatoms. The van der Waals surface area contributed by atoms with Crippen molar-refractivity contribution in [2.24, 2.45) is 0 Å². The zero-order chi connectivity index (χ0) is 13.4. The van der Waals surface area contributed by atoms with Gasteiger partial charge in [-0.2, -0.15) is 26.3 Å². The van der Waals surface area contributed by atoms with Gasteiger partial charge in [0, 0.05) is 0 Å². The zero-order valence-corrected chi connectivity index (χ0v) is 8.71. The maximum Gasteiger partial charge on any atom is 0.418 e. The number of hydrogen-bond acceptors (Lipinski definition) is 1. The van der Waals surface area contributed by atoms with Gasteiger partial charge in [-0.25, -0.2) is 0 Å². The lowest BCUT2D eigenvalue weighted by atomic mass is 10.0. The molecule has 1 aromatic carbocycles. The molecule has 0 aliphatic carbocycles. The molecule has 1 N–H and O–H groups in total. The first kappa shape index (κ1) is 14.1. The van der Waals surface area contributed by atoms with E-state index in [-0.39, 0.29) is 0 Å². The molecule has 0 saturated heterocycles. The summed E-state index contributed by atoms with van der Waals surface area (Å²) in [5.74, 6) is 0. The van der Waals surface area contributed by atoms with E-state index in [9.17, 15) is 26.3 Å². The fourth-order valence-corrected chi connectivity index (χ4v) is 1.62. The molecule has 0 radical (unpaired) electrons. The van der Waals surface area contributed by atoms with Gasteiger partial charge >= 0.3 is 12.4 Å². The van der Waals surface area contributed by atoms with Gasteiger partial charge < -0.3 is 5.11 Å². The van der Waals surface area contributed by atoms with Crippen molar-refractivity contribution >= 4 is 11.6 Å². The highest BCUT2D eigenvalue weighted by atomic mass is 35.5. The van der Waals surface area contributed by atoms with Gasteiger partial charge in [0.15, 0.2) is 0 Å². The van der Waals surface area contributed by atoms with Crippen LogP contribution < -0.4 is 0 Å². The number of rotatable bonds is 1. The summed E-state index contributed by atoms with van der Waals surface area (Å²) in [5.41, 5.74) is -4.78. The molecule has 1 nitrogen and oxygen atoms in total. The van der Waals surface area contributed by atoms with E-state index in [4.69, 9.17) is 16.7 Å². The molecule has 0 fully saturated rings. The Balaban J connectivity index is 3.67. The normalized spacial score (nSPS) is 12.9. The molecule has 0 aliphatic rings. The van der Waals surface area contributed by atoms with Crippen molar-refractivity contribution in [2.45, 2.75) is 19.0 Å². The standard InChI is InChI=1S/C9H5ClF6O/c10-5-2-1-4(3-17)6(8(11,12)13)7(5)9(14,15)16/h1-2,17H,3H2. The van der Waals surface area contributed by atoms with E-state index in [1.165, 1.54) is 0 Å². The molecular formula is C9H5ClF6O. The van der Waals surface area contributed by atoms with E-state index in [2.05, 4.69) is 0 Å².